The minimum absolute atomic E-state index is 0.0502. The quantitative estimate of drug-likeness (QED) is 0.660. The highest BCUT2D eigenvalue weighted by Gasteiger charge is 2.07. The molecule has 1 nitrogen and oxygen atoms in total. The van der Waals surface area contributed by atoms with E-state index in [0.29, 0.717) is 0 Å². The molecule has 0 radical (unpaired) electrons. The highest BCUT2D eigenvalue weighted by atomic mass is 19.2. The third-order valence-electron chi connectivity index (χ3n) is 1.65. The maximum absolute atomic E-state index is 13.0. The average molecular weight is 258 g/mol. The Balaban J connectivity index is 0. The largest absolute Gasteiger partial charge is 0.486 e. The zero-order chi connectivity index (χ0) is 14.4. The van der Waals surface area contributed by atoms with Gasteiger partial charge in [-0.05, 0) is 18.6 Å². The first-order valence-electron chi connectivity index (χ1n) is 6.47. The fourth-order valence-corrected chi connectivity index (χ4v) is 0.968. The maximum atomic E-state index is 13.0. The van der Waals surface area contributed by atoms with Crippen LogP contribution < -0.4 is 4.74 Å². The van der Waals surface area contributed by atoms with Gasteiger partial charge in [-0.3, -0.25) is 0 Å². The van der Waals surface area contributed by atoms with E-state index >= 15 is 0 Å². The highest BCUT2D eigenvalue weighted by molar-refractivity contribution is 5.25. The standard InChI is InChI=1S/C11H12F2O.2C2H6/c1-2-3-4-8-14-10-7-5-6-9(12)11(10)13;2*1-2/h3-7H,2,8H2,1H3;2*1-2H3/b4-3+;;. The molecule has 104 valence electrons. The molecule has 1 aromatic rings. The van der Waals surface area contributed by atoms with Gasteiger partial charge in [0.05, 0.1) is 0 Å². The normalized spacial score (nSPS) is 9.06. The molecule has 3 heteroatoms. The molecule has 0 bridgehead atoms. The van der Waals surface area contributed by atoms with Crippen LogP contribution >= 0.6 is 0 Å². The number of rotatable bonds is 4. The average Bonchev–Trinajstić information content (AvgIpc) is 2.44. The minimum Gasteiger partial charge on any atom is -0.486 e. The molecule has 0 saturated heterocycles. The molecule has 1 aromatic carbocycles. The molecule has 0 unspecified atom stereocenters. The number of ether oxygens (including phenoxy) is 1. The Morgan fingerprint density at radius 3 is 2.22 bits per heavy atom. The Morgan fingerprint density at radius 2 is 1.67 bits per heavy atom. The minimum atomic E-state index is -0.933. The van der Waals surface area contributed by atoms with Gasteiger partial charge in [-0.2, -0.15) is 4.39 Å². The van der Waals surface area contributed by atoms with Gasteiger partial charge in [0.15, 0.2) is 11.6 Å². The van der Waals surface area contributed by atoms with Gasteiger partial charge in [0.25, 0.3) is 0 Å². The monoisotopic (exact) mass is 258 g/mol. The second-order valence-corrected chi connectivity index (χ2v) is 2.74. The first-order valence-corrected chi connectivity index (χ1v) is 6.47. The molecule has 0 aliphatic carbocycles. The second-order valence-electron chi connectivity index (χ2n) is 2.74. The number of allylic oxidation sites excluding steroid dienone is 1. The molecule has 0 amide bonds. The molecule has 0 heterocycles. The zero-order valence-corrected chi connectivity index (χ0v) is 12.0. The van der Waals surface area contributed by atoms with Gasteiger partial charge in [0, 0.05) is 0 Å². The lowest BCUT2D eigenvalue weighted by atomic mass is 10.3. The smallest absolute Gasteiger partial charge is 0.200 e. The van der Waals surface area contributed by atoms with E-state index < -0.39 is 11.6 Å². The molecule has 0 fully saturated rings. The predicted molar refractivity (Wildman–Crippen MR) is 74.0 cm³/mol. The summed E-state index contributed by atoms with van der Waals surface area (Å²) in [4.78, 5) is 0. The number of benzene rings is 1. The number of hydrogen-bond acceptors (Lipinski definition) is 1. The van der Waals surface area contributed by atoms with Crippen molar-refractivity contribution in [3.8, 4) is 5.75 Å². The van der Waals surface area contributed by atoms with E-state index in [-0.39, 0.29) is 12.4 Å². The molecular weight excluding hydrogens is 234 g/mol. The number of halogens is 2. The molecule has 0 N–H and O–H groups in total. The third-order valence-corrected chi connectivity index (χ3v) is 1.65. The van der Waals surface area contributed by atoms with Crippen LogP contribution in [-0.4, -0.2) is 6.61 Å². The molecule has 0 aliphatic rings. The Labute approximate surface area is 109 Å². The molecule has 0 saturated carbocycles. The van der Waals surface area contributed by atoms with Crippen LogP contribution in [0.2, 0.25) is 0 Å². The molecule has 18 heavy (non-hydrogen) atoms. The van der Waals surface area contributed by atoms with Gasteiger partial charge in [-0.25, -0.2) is 4.39 Å². The SMILES string of the molecule is CC.CC.CC/C=C/COc1cccc(F)c1F. The van der Waals surface area contributed by atoms with Crippen molar-refractivity contribution >= 4 is 0 Å². The lowest BCUT2D eigenvalue weighted by Gasteiger charge is -2.04. The summed E-state index contributed by atoms with van der Waals surface area (Å²) in [6.45, 7) is 10.2. The van der Waals surface area contributed by atoms with E-state index in [2.05, 4.69) is 0 Å². The van der Waals surface area contributed by atoms with Crippen molar-refractivity contribution in [2.24, 2.45) is 0 Å². The van der Waals surface area contributed by atoms with Crippen LogP contribution in [0.5, 0.6) is 5.75 Å². The van der Waals surface area contributed by atoms with Crippen molar-refractivity contribution in [3.05, 3.63) is 42.0 Å². The summed E-state index contributed by atoms with van der Waals surface area (Å²) in [5.74, 6) is -1.87. The zero-order valence-electron chi connectivity index (χ0n) is 12.0. The first kappa shape index (κ1) is 19.0. The lowest BCUT2D eigenvalue weighted by molar-refractivity contribution is 0.332. The van der Waals surface area contributed by atoms with Crippen LogP contribution in [0.4, 0.5) is 8.78 Å². The van der Waals surface area contributed by atoms with Gasteiger partial charge in [-0.15, -0.1) is 0 Å². The molecule has 1 rings (SSSR count). The van der Waals surface area contributed by atoms with Crippen molar-refractivity contribution in [2.75, 3.05) is 6.61 Å². The summed E-state index contributed by atoms with van der Waals surface area (Å²) in [7, 11) is 0. The Bertz CT molecular complexity index is 322. The highest BCUT2D eigenvalue weighted by Crippen LogP contribution is 2.18. The van der Waals surface area contributed by atoms with Gasteiger partial charge in [0.2, 0.25) is 5.82 Å². The van der Waals surface area contributed by atoms with Crippen molar-refractivity contribution < 1.29 is 13.5 Å². The van der Waals surface area contributed by atoms with Crippen molar-refractivity contribution in [1.29, 1.82) is 0 Å². The summed E-state index contributed by atoms with van der Waals surface area (Å²) >= 11 is 0. The molecule has 0 atom stereocenters. The lowest BCUT2D eigenvalue weighted by Crippen LogP contribution is -1.97. The van der Waals surface area contributed by atoms with Gasteiger partial charge in [0.1, 0.15) is 6.61 Å². The summed E-state index contributed by atoms with van der Waals surface area (Å²) < 4.78 is 30.7. The maximum Gasteiger partial charge on any atom is 0.200 e. The van der Waals surface area contributed by atoms with E-state index in [1.165, 1.54) is 12.1 Å². The van der Waals surface area contributed by atoms with Crippen LogP contribution in [0.1, 0.15) is 41.0 Å². The van der Waals surface area contributed by atoms with E-state index in [4.69, 9.17) is 4.74 Å². The van der Waals surface area contributed by atoms with Gasteiger partial charge >= 0.3 is 0 Å². The van der Waals surface area contributed by atoms with Crippen LogP contribution in [0, 0.1) is 11.6 Å². The summed E-state index contributed by atoms with van der Waals surface area (Å²) in [6, 6.07) is 3.87. The van der Waals surface area contributed by atoms with E-state index in [9.17, 15) is 8.78 Å². The topological polar surface area (TPSA) is 9.23 Å². The molecule has 0 aliphatic heterocycles. The van der Waals surface area contributed by atoms with Crippen molar-refractivity contribution in [2.45, 2.75) is 41.0 Å². The van der Waals surface area contributed by atoms with Crippen molar-refractivity contribution in [1.82, 2.24) is 0 Å². The van der Waals surface area contributed by atoms with E-state index in [1.54, 1.807) is 6.08 Å². The number of hydrogen-bond donors (Lipinski definition) is 0. The Morgan fingerprint density at radius 1 is 1.06 bits per heavy atom. The Hall–Kier alpha value is -1.38. The molecular formula is C15H24F2O. The van der Waals surface area contributed by atoms with E-state index in [0.717, 1.165) is 12.5 Å². The second kappa shape index (κ2) is 13.7. The Kier molecular flexibility index (Phi) is 14.4. The van der Waals surface area contributed by atoms with Crippen molar-refractivity contribution in [3.63, 3.8) is 0 Å². The van der Waals surface area contributed by atoms with Crippen LogP contribution in [0.15, 0.2) is 30.4 Å². The summed E-state index contributed by atoms with van der Waals surface area (Å²) in [5.41, 5.74) is 0. The summed E-state index contributed by atoms with van der Waals surface area (Å²) in [5, 5.41) is 0. The van der Waals surface area contributed by atoms with Gasteiger partial charge in [-0.1, -0.05) is 52.8 Å². The first-order chi connectivity index (χ1) is 8.75. The fraction of sp³-hybridized carbons (Fsp3) is 0.467. The fourth-order valence-electron chi connectivity index (χ4n) is 0.968. The van der Waals surface area contributed by atoms with E-state index in [1.807, 2.05) is 40.7 Å². The third kappa shape index (κ3) is 7.82. The van der Waals surface area contributed by atoms with Crippen LogP contribution in [0.25, 0.3) is 0 Å². The predicted octanol–water partition coefficient (Wildman–Crippen LogP) is 5.36. The van der Waals surface area contributed by atoms with Crippen LogP contribution in [0.3, 0.4) is 0 Å². The summed E-state index contributed by atoms with van der Waals surface area (Å²) in [6.07, 6.45) is 4.57. The molecule has 0 aromatic heterocycles. The van der Waals surface area contributed by atoms with Crippen LogP contribution in [-0.2, 0) is 0 Å². The molecule has 0 spiro atoms. The van der Waals surface area contributed by atoms with Gasteiger partial charge < -0.3 is 4.74 Å².